The van der Waals surface area contributed by atoms with Gasteiger partial charge in [-0.2, -0.15) is 0 Å². The van der Waals surface area contributed by atoms with Crippen LogP contribution < -0.4 is 0 Å². The molecule has 4 nitrogen and oxygen atoms in total. The Hall–Kier alpha value is -1.07. The Morgan fingerprint density at radius 1 is 1.27 bits per heavy atom. The average Bonchev–Trinajstić information content (AvgIpc) is 2.66. The van der Waals surface area contributed by atoms with Crippen LogP contribution in [0.4, 0.5) is 0 Å². The molecular weight excluding hydrogens is 279 g/mol. The van der Waals surface area contributed by atoms with Crippen LogP contribution in [0.15, 0.2) is 23.2 Å². The van der Waals surface area contributed by atoms with Crippen molar-refractivity contribution in [1.82, 2.24) is 0 Å². The fraction of sp³-hybridized carbons (Fsp3) is 0.706. The van der Waals surface area contributed by atoms with Crippen molar-refractivity contribution in [1.29, 1.82) is 0 Å². The molecule has 0 aromatic heterocycles. The zero-order valence-electron chi connectivity index (χ0n) is 14.4. The van der Waals surface area contributed by atoms with Crippen LogP contribution in [-0.2, 0) is 18.8 Å². The van der Waals surface area contributed by atoms with Crippen molar-refractivity contribution in [3.63, 3.8) is 0 Å². The molecule has 0 amide bonds. The Morgan fingerprint density at radius 2 is 1.91 bits per heavy atom. The van der Waals surface area contributed by atoms with Crippen LogP contribution >= 0.6 is 0 Å². The maximum atomic E-state index is 11.9. The Labute approximate surface area is 134 Å². The molecule has 5 heteroatoms. The molecule has 0 aromatic carbocycles. The van der Waals surface area contributed by atoms with E-state index < -0.39 is 18.3 Å². The molecule has 0 aromatic rings. The third-order valence-electron chi connectivity index (χ3n) is 4.73. The van der Waals surface area contributed by atoms with E-state index in [9.17, 15) is 4.79 Å². The maximum Gasteiger partial charge on any atom is 0.495 e. The summed E-state index contributed by atoms with van der Waals surface area (Å²) in [5.41, 5.74) is 1.14. The molecule has 0 N–H and O–H groups in total. The number of esters is 1. The third kappa shape index (κ3) is 3.63. The van der Waals surface area contributed by atoms with Crippen LogP contribution in [0.2, 0.25) is 0 Å². The fourth-order valence-corrected chi connectivity index (χ4v) is 2.69. The lowest BCUT2D eigenvalue weighted by molar-refractivity contribution is -0.137. The molecule has 0 saturated carbocycles. The van der Waals surface area contributed by atoms with E-state index in [0.717, 1.165) is 30.3 Å². The van der Waals surface area contributed by atoms with Gasteiger partial charge in [-0.05, 0) is 65.8 Å². The fourth-order valence-electron chi connectivity index (χ4n) is 2.69. The molecule has 0 radical (unpaired) electrons. The van der Waals surface area contributed by atoms with Crippen LogP contribution in [-0.4, -0.2) is 30.9 Å². The first-order valence-corrected chi connectivity index (χ1v) is 8.20. The summed E-state index contributed by atoms with van der Waals surface area (Å²) in [6, 6.07) is 0. The first-order chi connectivity index (χ1) is 10.3. The molecule has 122 valence electrons. The summed E-state index contributed by atoms with van der Waals surface area (Å²) >= 11 is 0. The van der Waals surface area contributed by atoms with Gasteiger partial charge in [0.25, 0.3) is 0 Å². The van der Waals surface area contributed by atoms with Gasteiger partial charge >= 0.3 is 13.1 Å². The minimum Gasteiger partial charge on any atom is -0.463 e. The van der Waals surface area contributed by atoms with E-state index in [1.165, 1.54) is 6.42 Å². The monoisotopic (exact) mass is 306 g/mol. The highest BCUT2D eigenvalue weighted by Gasteiger charge is 2.52. The maximum absolute atomic E-state index is 11.9. The average molecular weight is 306 g/mol. The van der Waals surface area contributed by atoms with Gasteiger partial charge in [0.15, 0.2) is 0 Å². The Morgan fingerprint density at radius 3 is 2.41 bits per heavy atom. The van der Waals surface area contributed by atoms with Crippen molar-refractivity contribution < 1.29 is 18.8 Å². The second-order valence-electron chi connectivity index (χ2n) is 6.92. The second-order valence-corrected chi connectivity index (χ2v) is 6.92. The molecule has 1 heterocycles. The Kier molecular flexibility index (Phi) is 5.18. The lowest BCUT2D eigenvalue weighted by Crippen LogP contribution is -2.41. The van der Waals surface area contributed by atoms with Gasteiger partial charge in [0, 0.05) is 6.08 Å². The summed E-state index contributed by atoms with van der Waals surface area (Å²) in [4.78, 5) is 11.9. The van der Waals surface area contributed by atoms with Crippen LogP contribution in [0, 0.1) is 0 Å². The molecule has 0 atom stereocenters. The summed E-state index contributed by atoms with van der Waals surface area (Å²) in [7, 11) is -0.515. The van der Waals surface area contributed by atoms with E-state index >= 15 is 0 Å². The summed E-state index contributed by atoms with van der Waals surface area (Å²) in [5, 5.41) is 0. The number of allylic oxidation sites excluding steroid dienone is 3. The lowest BCUT2D eigenvalue weighted by atomic mass is 9.71. The standard InChI is InChI=1S/C17H27BO4/c1-6-20-15(19)12-14(13-10-8-7-9-11-13)18-21-16(2,3)17(4,5)22-18/h10,12H,6-9,11H2,1-5H3/b14-12+. The number of carbonyl (C=O) groups excluding carboxylic acids is 1. The van der Waals surface area contributed by atoms with E-state index in [0.29, 0.717) is 6.61 Å². The Bertz CT molecular complexity index is 475. The minimum atomic E-state index is -0.515. The normalized spacial score (nSPS) is 24.1. The van der Waals surface area contributed by atoms with Crippen molar-refractivity contribution in [3.8, 4) is 0 Å². The molecule has 1 aliphatic carbocycles. The van der Waals surface area contributed by atoms with Gasteiger partial charge in [0.1, 0.15) is 0 Å². The van der Waals surface area contributed by atoms with Gasteiger partial charge in [-0.3, -0.25) is 0 Å². The number of hydrogen-bond donors (Lipinski definition) is 0. The van der Waals surface area contributed by atoms with Gasteiger partial charge in [-0.15, -0.1) is 0 Å². The van der Waals surface area contributed by atoms with Gasteiger partial charge in [-0.25, -0.2) is 4.79 Å². The van der Waals surface area contributed by atoms with Crippen molar-refractivity contribution in [2.24, 2.45) is 0 Å². The van der Waals surface area contributed by atoms with Crippen LogP contribution in [0.25, 0.3) is 0 Å². The second kappa shape index (κ2) is 6.59. The molecule has 2 aliphatic rings. The number of rotatable bonds is 4. The first kappa shape index (κ1) is 17.3. The van der Waals surface area contributed by atoms with Crippen LogP contribution in [0.5, 0.6) is 0 Å². The molecule has 0 spiro atoms. The molecule has 2 rings (SSSR count). The molecular formula is C17H27BO4. The predicted molar refractivity (Wildman–Crippen MR) is 87.3 cm³/mol. The topological polar surface area (TPSA) is 44.8 Å². The van der Waals surface area contributed by atoms with Crippen LogP contribution in [0.3, 0.4) is 0 Å². The Balaban J connectivity index is 2.29. The highest BCUT2D eigenvalue weighted by molar-refractivity contribution is 6.56. The zero-order valence-corrected chi connectivity index (χ0v) is 14.4. The van der Waals surface area contributed by atoms with Gasteiger partial charge in [0.2, 0.25) is 0 Å². The van der Waals surface area contributed by atoms with Gasteiger partial charge in [0.05, 0.1) is 17.8 Å². The van der Waals surface area contributed by atoms with E-state index in [1.54, 1.807) is 13.0 Å². The van der Waals surface area contributed by atoms with Crippen LogP contribution in [0.1, 0.15) is 60.3 Å². The quantitative estimate of drug-likeness (QED) is 0.452. The summed E-state index contributed by atoms with van der Waals surface area (Å²) < 4.78 is 17.3. The lowest BCUT2D eigenvalue weighted by Gasteiger charge is -2.32. The first-order valence-electron chi connectivity index (χ1n) is 8.20. The molecule has 1 fully saturated rings. The summed E-state index contributed by atoms with van der Waals surface area (Å²) in [5.74, 6) is -0.335. The van der Waals surface area contributed by atoms with E-state index in [4.69, 9.17) is 14.0 Å². The molecule has 1 saturated heterocycles. The third-order valence-corrected chi connectivity index (χ3v) is 4.73. The number of hydrogen-bond acceptors (Lipinski definition) is 4. The zero-order chi connectivity index (χ0) is 16.4. The molecule has 1 aliphatic heterocycles. The minimum absolute atomic E-state index is 0.335. The van der Waals surface area contributed by atoms with Crippen molar-refractivity contribution in [3.05, 3.63) is 23.2 Å². The predicted octanol–water partition coefficient (Wildman–Crippen LogP) is 3.61. The van der Waals surface area contributed by atoms with E-state index in [2.05, 4.69) is 6.08 Å². The van der Waals surface area contributed by atoms with Crippen molar-refractivity contribution >= 4 is 13.1 Å². The number of carbonyl (C=O) groups is 1. The van der Waals surface area contributed by atoms with E-state index in [1.807, 2.05) is 27.7 Å². The van der Waals surface area contributed by atoms with Gasteiger partial charge in [-0.1, -0.05) is 11.6 Å². The van der Waals surface area contributed by atoms with Crippen molar-refractivity contribution in [2.75, 3.05) is 6.61 Å². The van der Waals surface area contributed by atoms with Gasteiger partial charge < -0.3 is 14.0 Å². The summed E-state index contributed by atoms with van der Waals surface area (Å²) in [6.07, 6.45) is 8.05. The molecule has 0 unspecified atom stereocenters. The SMILES string of the molecule is CCOC(=O)/C=C(/B1OC(C)(C)C(C)(C)O1)C1=CCCCC1. The largest absolute Gasteiger partial charge is 0.495 e. The smallest absolute Gasteiger partial charge is 0.463 e. The number of ether oxygens (including phenoxy) is 1. The highest BCUT2D eigenvalue weighted by Crippen LogP contribution is 2.40. The van der Waals surface area contributed by atoms with Crippen molar-refractivity contribution in [2.45, 2.75) is 71.5 Å². The molecule has 22 heavy (non-hydrogen) atoms. The van der Waals surface area contributed by atoms with E-state index in [-0.39, 0.29) is 5.97 Å². The highest BCUT2D eigenvalue weighted by atomic mass is 16.7. The summed E-state index contributed by atoms with van der Waals surface area (Å²) in [6.45, 7) is 10.2. The molecule has 0 bridgehead atoms.